The minimum absolute atomic E-state index is 0.0220. The van der Waals surface area contributed by atoms with E-state index in [1.54, 1.807) is 12.1 Å². The number of nitro benzene ring substituents is 1. The molecular formula is C30H24ClN3O3. The van der Waals surface area contributed by atoms with Crippen molar-refractivity contribution in [3.63, 3.8) is 0 Å². The zero-order valence-electron chi connectivity index (χ0n) is 20.1. The molecule has 0 aliphatic carbocycles. The number of hydrogen-bond donors (Lipinski definition) is 1. The van der Waals surface area contributed by atoms with E-state index in [9.17, 15) is 14.9 Å². The molecule has 7 heteroatoms. The summed E-state index contributed by atoms with van der Waals surface area (Å²) in [6, 6.07) is 29.7. The molecule has 0 bridgehead atoms. The summed E-state index contributed by atoms with van der Waals surface area (Å²) in [6.07, 6.45) is 2.02. The van der Waals surface area contributed by atoms with Gasteiger partial charge in [0.1, 0.15) is 0 Å². The van der Waals surface area contributed by atoms with E-state index < -0.39 is 4.92 Å². The van der Waals surface area contributed by atoms with E-state index in [4.69, 9.17) is 11.6 Å². The number of fused-ring (bicyclic) bond motifs is 1. The molecule has 0 saturated carbocycles. The Balaban J connectivity index is 1.28. The number of benzene rings is 4. The number of aromatic nitrogens is 1. The van der Waals surface area contributed by atoms with Gasteiger partial charge in [-0.15, -0.1) is 0 Å². The van der Waals surface area contributed by atoms with Gasteiger partial charge < -0.3 is 9.88 Å². The molecule has 0 radical (unpaired) electrons. The van der Waals surface area contributed by atoms with Crippen molar-refractivity contribution in [1.82, 2.24) is 9.88 Å². The monoisotopic (exact) mass is 509 g/mol. The Morgan fingerprint density at radius 2 is 1.70 bits per heavy atom. The SMILES string of the molecule is C[C@H](NC(=O)c1ccc2c(ccn2Cc2ccc(-c3ccccc3Cl)cc2)c1)c1ccc([N+](=O)[O-])cc1. The van der Waals surface area contributed by atoms with Gasteiger partial charge in [0.2, 0.25) is 0 Å². The fraction of sp³-hybridized carbons (Fsp3) is 0.100. The average Bonchev–Trinajstić information content (AvgIpc) is 3.31. The highest BCUT2D eigenvalue weighted by molar-refractivity contribution is 6.33. The van der Waals surface area contributed by atoms with Gasteiger partial charge in [-0.2, -0.15) is 0 Å². The molecule has 1 heterocycles. The fourth-order valence-corrected chi connectivity index (χ4v) is 4.65. The minimum atomic E-state index is -0.440. The lowest BCUT2D eigenvalue weighted by Gasteiger charge is -2.14. The van der Waals surface area contributed by atoms with Crippen LogP contribution in [0.3, 0.4) is 0 Å². The molecule has 4 aromatic carbocycles. The third-order valence-electron chi connectivity index (χ3n) is 6.48. The summed E-state index contributed by atoms with van der Waals surface area (Å²) >= 11 is 6.33. The second-order valence-electron chi connectivity index (χ2n) is 8.94. The van der Waals surface area contributed by atoms with Gasteiger partial charge >= 0.3 is 0 Å². The largest absolute Gasteiger partial charge is 0.346 e. The van der Waals surface area contributed by atoms with Crippen LogP contribution in [0.15, 0.2) is 103 Å². The average molecular weight is 510 g/mol. The third kappa shape index (κ3) is 5.25. The lowest BCUT2D eigenvalue weighted by Crippen LogP contribution is -2.26. The Bertz CT molecular complexity index is 1590. The van der Waals surface area contributed by atoms with Gasteiger partial charge in [0.25, 0.3) is 11.6 Å². The molecule has 0 aliphatic rings. The maximum atomic E-state index is 12.9. The number of halogens is 1. The number of rotatable bonds is 7. The molecule has 0 aliphatic heterocycles. The summed E-state index contributed by atoms with van der Waals surface area (Å²) in [6.45, 7) is 2.56. The molecule has 0 spiro atoms. The Hall–Kier alpha value is -4.42. The van der Waals surface area contributed by atoms with E-state index in [-0.39, 0.29) is 17.6 Å². The first-order chi connectivity index (χ1) is 17.9. The highest BCUT2D eigenvalue weighted by Crippen LogP contribution is 2.28. The number of hydrogen-bond acceptors (Lipinski definition) is 3. The normalized spacial score (nSPS) is 11.8. The smallest absolute Gasteiger partial charge is 0.269 e. The maximum Gasteiger partial charge on any atom is 0.269 e. The lowest BCUT2D eigenvalue weighted by molar-refractivity contribution is -0.384. The van der Waals surface area contributed by atoms with Crippen molar-refractivity contribution >= 4 is 34.1 Å². The van der Waals surface area contributed by atoms with E-state index in [2.05, 4.69) is 34.1 Å². The predicted octanol–water partition coefficient (Wildman–Crippen LogP) is 7.41. The number of carbonyl (C=O) groups is 1. The molecule has 1 N–H and O–H groups in total. The molecule has 6 nitrogen and oxygen atoms in total. The summed E-state index contributed by atoms with van der Waals surface area (Å²) in [4.78, 5) is 23.3. The van der Waals surface area contributed by atoms with Crippen LogP contribution in [0.25, 0.3) is 22.0 Å². The van der Waals surface area contributed by atoms with Crippen LogP contribution in [0.2, 0.25) is 5.02 Å². The van der Waals surface area contributed by atoms with Crippen LogP contribution in [0.5, 0.6) is 0 Å². The number of nitrogens with zero attached hydrogens (tertiary/aromatic N) is 2. The lowest BCUT2D eigenvalue weighted by atomic mass is 10.0. The van der Waals surface area contributed by atoms with Crippen LogP contribution >= 0.6 is 11.6 Å². The van der Waals surface area contributed by atoms with Crippen LogP contribution < -0.4 is 5.32 Å². The first kappa shape index (κ1) is 24.3. The predicted molar refractivity (Wildman–Crippen MR) is 147 cm³/mol. The standard InChI is InChI=1S/C30H24ClN3O3/c1-20(22-10-13-26(14-11-22)34(36)37)32-30(35)25-12-15-29-24(18-25)16-17-33(29)19-21-6-8-23(9-7-21)27-4-2-3-5-28(27)31/h2-18,20H,19H2,1H3,(H,32,35)/t20-/m0/s1. The summed E-state index contributed by atoms with van der Waals surface area (Å²) in [5.41, 5.74) is 5.66. The molecule has 0 unspecified atom stereocenters. The Morgan fingerprint density at radius 1 is 0.973 bits per heavy atom. The quantitative estimate of drug-likeness (QED) is 0.183. The second kappa shape index (κ2) is 10.3. The molecule has 1 aromatic heterocycles. The number of amides is 1. The second-order valence-corrected chi connectivity index (χ2v) is 9.34. The first-order valence-corrected chi connectivity index (χ1v) is 12.2. The molecule has 5 aromatic rings. The van der Waals surface area contributed by atoms with Crippen molar-refractivity contribution in [3.05, 3.63) is 135 Å². The summed E-state index contributed by atoms with van der Waals surface area (Å²) < 4.78 is 2.15. The topological polar surface area (TPSA) is 77.2 Å². The molecule has 1 atom stereocenters. The molecule has 184 valence electrons. The molecule has 1 amide bonds. The van der Waals surface area contributed by atoms with E-state index in [1.165, 1.54) is 12.1 Å². The van der Waals surface area contributed by atoms with Crippen molar-refractivity contribution in [2.45, 2.75) is 19.5 Å². The first-order valence-electron chi connectivity index (χ1n) is 11.9. The number of non-ortho nitro benzene ring substituents is 1. The van der Waals surface area contributed by atoms with Crippen molar-refractivity contribution in [2.24, 2.45) is 0 Å². The van der Waals surface area contributed by atoms with E-state index in [0.29, 0.717) is 12.1 Å². The van der Waals surface area contributed by atoms with Crippen molar-refractivity contribution in [2.75, 3.05) is 0 Å². The zero-order chi connectivity index (χ0) is 25.9. The number of nitro groups is 1. The molecule has 0 saturated heterocycles. The molecule has 0 fully saturated rings. The number of carbonyl (C=O) groups excluding carboxylic acids is 1. The van der Waals surface area contributed by atoms with Crippen LogP contribution in [0.4, 0.5) is 5.69 Å². The third-order valence-corrected chi connectivity index (χ3v) is 6.81. The van der Waals surface area contributed by atoms with Crippen molar-refractivity contribution in [1.29, 1.82) is 0 Å². The highest BCUT2D eigenvalue weighted by Gasteiger charge is 2.14. The minimum Gasteiger partial charge on any atom is -0.346 e. The Labute approximate surface area is 219 Å². The highest BCUT2D eigenvalue weighted by atomic mass is 35.5. The fourth-order valence-electron chi connectivity index (χ4n) is 4.41. The Kier molecular flexibility index (Phi) is 6.75. The molecular weight excluding hydrogens is 486 g/mol. The van der Waals surface area contributed by atoms with Crippen molar-refractivity contribution in [3.8, 4) is 11.1 Å². The van der Waals surface area contributed by atoms with Gasteiger partial charge in [-0.25, -0.2) is 0 Å². The van der Waals surface area contributed by atoms with E-state index in [0.717, 1.165) is 38.2 Å². The Morgan fingerprint density at radius 3 is 2.41 bits per heavy atom. The van der Waals surface area contributed by atoms with Gasteiger partial charge in [-0.1, -0.05) is 66.2 Å². The van der Waals surface area contributed by atoms with Gasteiger partial charge in [0.05, 0.1) is 11.0 Å². The summed E-state index contributed by atoms with van der Waals surface area (Å²) in [5, 5.41) is 15.5. The van der Waals surface area contributed by atoms with Crippen LogP contribution in [0, 0.1) is 10.1 Å². The molecule has 37 heavy (non-hydrogen) atoms. The van der Waals surface area contributed by atoms with Gasteiger partial charge in [0, 0.05) is 51.9 Å². The van der Waals surface area contributed by atoms with Crippen LogP contribution in [-0.4, -0.2) is 15.4 Å². The summed E-state index contributed by atoms with van der Waals surface area (Å²) in [5.74, 6) is -0.198. The van der Waals surface area contributed by atoms with Gasteiger partial charge in [0.15, 0.2) is 0 Å². The van der Waals surface area contributed by atoms with Crippen LogP contribution in [0.1, 0.15) is 34.5 Å². The van der Waals surface area contributed by atoms with Gasteiger partial charge in [-0.3, -0.25) is 14.9 Å². The summed E-state index contributed by atoms with van der Waals surface area (Å²) in [7, 11) is 0. The van der Waals surface area contributed by atoms with Crippen LogP contribution in [-0.2, 0) is 6.54 Å². The van der Waals surface area contributed by atoms with Crippen molar-refractivity contribution < 1.29 is 9.72 Å². The van der Waals surface area contributed by atoms with E-state index >= 15 is 0 Å². The van der Waals surface area contributed by atoms with E-state index in [1.807, 2.05) is 61.7 Å². The molecule has 5 rings (SSSR count). The maximum absolute atomic E-state index is 12.9. The zero-order valence-corrected chi connectivity index (χ0v) is 20.9. The van der Waals surface area contributed by atoms with Gasteiger partial charge in [-0.05, 0) is 53.9 Å². The number of nitrogens with one attached hydrogen (secondary N) is 1.